The first-order chi connectivity index (χ1) is 5.02. The molecule has 0 spiro atoms. The molecule has 0 aliphatic carbocycles. The van der Waals surface area contributed by atoms with Crippen LogP contribution in [0.4, 0.5) is 0 Å². The number of benzene rings is 1. The van der Waals surface area contributed by atoms with Crippen LogP contribution in [0.1, 0.15) is 0 Å². The van der Waals surface area contributed by atoms with Crippen LogP contribution in [0, 0.1) is 0 Å². The molecule has 2 N–H and O–H groups in total. The number of rotatable bonds is 1. The van der Waals surface area contributed by atoms with Crippen molar-refractivity contribution in [3.8, 4) is 5.75 Å². The zero-order chi connectivity index (χ0) is 8.48. The Kier molecular flexibility index (Phi) is 8.08. The van der Waals surface area contributed by atoms with Crippen molar-refractivity contribution >= 4 is 69.2 Å². The molecule has 1 rings (SSSR count). The molecule has 0 atom stereocenters. The molecule has 13 heavy (non-hydrogen) atoms. The molecule has 0 aromatic heterocycles. The van der Waals surface area contributed by atoms with Gasteiger partial charge in [0.15, 0.2) is 0 Å². The molecule has 0 aliphatic rings. The summed E-state index contributed by atoms with van der Waals surface area (Å²) in [6, 6.07) is 5.17. The average molecular weight is 220 g/mol. The first kappa shape index (κ1) is 16.4. The Labute approximate surface area is 121 Å². The summed E-state index contributed by atoms with van der Waals surface area (Å²) in [5.74, 6) is -0.449. The second-order valence-electron chi connectivity index (χ2n) is 1.94. The van der Waals surface area contributed by atoms with Gasteiger partial charge in [0.2, 0.25) is 0 Å². The van der Waals surface area contributed by atoms with Crippen LogP contribution in [0.3, 0.4) is 0 Å². The van der Waals surface area contributed by atoms with Gasteiger partial charge < -0.3 is 5.11 Å². The normalized spacial score (nSPS) is 9.62. The molecule has 0 saturated carbocycles. The van der Waals surface area contributed by atoms with Crippen molar-refractivity contribution in [3.05, 3.63) is 24.3 Å². The van der Waals surface area contributed by atoms with Gasteiger partial charge in [-0.1, -0.05) is 12.1 Å². The Balaban J connectivity index is 0. The summed E-state index contributed by atoms with van der Waals surface area (Å²) in [6.45, 7) is 0. The maximum absolute atomic E-state index is 10.4. The minimum absolute atomic E-state index is 0. The van der Waals surface area contributed by atoms with E-state index in [0.717, 1.165) is 6.07 Å². The maximum atomic E-state index is 10.4. The van der Waals surface area contributed by atoms with Crippen molar-refractivity contribution in [3.63, 3.8) is 0 Å². The van der Waals surface area contributed by atoms with Gasteiger partial charge in [-0.3, -0.25) is 4.55 Å². The summed E-state index contributed by atoms with van der Waals surface area (Å²) >= 11 is 0. The van der Waals surface area contributed by atoms with Crippen molar-refractivity contribution in [2.45, 2.75) is 4.90 Å². The fraction of sp³-hybridized carbons (Fsp3) is 0. The Morgan fingerprint density at radius 2 is 1.54 bits per heavy atom. The van der Waals surface area contributed by atoms with Gasteiger partial charge in [-0.25, -0.2) is 0 Å². The molecular formula is C6H6Na2O4S. The molecule has 7 heteroatoms. The van der Waals surface area contributed by atoms with Crippen molar-refractivity contribution in [2.24, 2.45) is 0 Å². The average Bonchev–Trinajstić information content (AvgIpc) is 1.86. The van der Waals surface area contributed by atoms with Gasteiger partial charge in [0.1, 0.15) is 10.6 Å². The third-order valence-corrected chi connectivity index (χ3v) is 2.04. The minimum Gasteiger partial charge on any atom is -0.506 e. The van der Waals surface area contributed by atoms with Crippen LogP contribution in [0.2, 0.25) is 0 Å². The minimum atomic E-state index is -4.28. The Morgan fingerprint density at radius 3 is 1.85 bits per heavy atom. The maximum Gasteiger partial charge on any atom is 0.298 e. The second kappa shape index (κ2) is 6.42. The van der Waals surface area contributed by atoms with E-state index in [1.165, 1.54) is 18.2 Å². The predicted molar refractivity (Wildman–Crippen MR) is 49.4 cm³/mol. The SMILES string of the molecule is O=S(=O)(O)c1ccccc1O.[Na].[Na]. The molecule has 1 aromatic carbocycles. The van der Waals surface area contributed by atoms with E-state index in [0.29, 0.717) is 0 Å². The summed E-state index contributed by atoms with van der Waals surface area (Å²) in [4.78, 5) is -0.472. The number of phenols is 1. The van der Waals surface area contributed by atoms with E-state index in [4.69, 9.17) is 9.66 Å². The fourth-order valence-corrected chi connectivity index (χ4v) is 1.26. The molecule has 2 radical (unpaired) electrons. The molecule has 0 bridgehead atoms. The van der Waals surface area contributed by atoms with E-state index < -0.39 is 20.8 Å². The third kappa shape index (κ3) is 4.80. The second-order valence-corrected chi connectivity index (χ2v) is 3.33. The molecule has 62 valence electrons. The van der Waals surface area contributed by atoms with Crippen LogP contribution in [0.15, 0.2) is 29.2 Å². The first-order valence-electron chi connectivity index (χ1n) is 2.77. The molecule has 0 saturated heterocycles. The Hall–Kier alpha value is 0.930. The van der Waals surface area contributed by atoms with Crippen molar-refractivity contribution in [2.75, 3.05) is 0 Å². The summed E-state index contributed by atoms with van der Waals surface area (Å²) in [5, 5.41) is 8.91. The van der Waals surface area contributed by atoms with Crippen LogP contribution in [-0.2, 0) is 10.1 Å². The smallest absolute Gasteiger partial charge is 0.298 e. The van der Waals surface area contributed by atoms with Crippen molar-refractivity contribution < 1.29 is 18.1 Å². The fourth-order valence-electron chi connectivity index (χ4n) is 0.675. The molecule has 0 amide bonds. The van der Waals surface area contributed by atoms with Crippen molar-refractivity contribution in [1.29, 1.82) is 0 Å². The molecule has 0 fully saturated rings. The topological polar surface area (TPSA) is 74.6 Å². The standard InChI is InChI=1S/C6H6O4S.2Na/c7-5-3-1-2-4-6(5)11(8,9)10;;/h1-4,7H,(H,8,9,10);;. The predicted octanol–water partition coefficient (Wildman–Crippen LogP) is -0.123. The first-order valence-corrected chi connectivity index (χ1v) is 4.21. The number of aromatic hydroxyl groups is 1. The van der Waals surface area contributed by atoms with Crippen LogP contribution in [0.5, 0.6) is 5.75 Å². The summed E-state index contributed by atoms with van der Waals surface area (Å²) in [7, 11) is -4.28. The zero-order valence-corrected chi connectivity index (χ0v) is 12.2. The molecule has 0 unspecified atom stereocenters. The molecule has 1 aromatic rings. The monoisotopic (exact) mass is 220 g/mol. The van der Waals surface area contributed by atoms with Crippen LogP contribution >= 0.6 is 0 Å². The third-order valence-electron chi connectivity index (χ3n) is 1.14. The van der Waals surface area contributed by atoms with E-state index in [-0.39, 0.29) is 59.1 Å². The van der Waals surface area contributed by atoms with Gasteiger partial charge in [-0.15, -0.1) is 0 Å². The van der Waals surface area contributed by atoms with Crippen molar-refractivity contribution in [1.82, 2.24) is 0 Å². The van der Waals surface area contributed by atoms with Gasteiger partial charge >= 0.3 is 0 Å². The number of hydrogen-bond donors (Lipinski definition) is 2. The van der Waals surface area contributed by atoms with E-state index >= 15 is 0 Å². The molecule has 0 aliphatic heterocycles. The zero-order valence-electron chi connectivity index (χ0n) is 7.43. The van der Waals surface area contributed by atoms with Gasteiger partial charge in [-0.2, -0.15) is 8.42 Å². The largest absolute Gasteiger partial charge is 0.506 e. The number of phenolic OH excluding ortho intramolecular Hbond substituents is 1. The van der Waals surface area contributed by atoms with E-state index in [9.17, 15) is 8.42 Å². The number of hydrogen-bond acceptors (Lipinski definition) is 3. The summed E-state index contributed by atoms with van der Waals surface area (Å²) < 4.78 is 29.4. The van der Waals surface area contributed by atoms with Gasteiger partial charge in [0.05, 0.1) is 0 Å². The summed E-state index contributed by atoms with van der Waals surface area (Å²) in [5.41, 5.74) is 0. The Bertz CT molecular complexity index is 363. The molecular weight excluding hydrogens is 214 g/mol. The van der Waals surface area contributed by atoms with Gasteiger partial charge in [-0.05, 0) is 12.1 Å². The van der Waals surface area contributed by atoms with E-state index in [2.05, 4.69) is 0 Å². The number of para-hydroxylation sites is 1. The van der Waals surface area contributed by atoms with E-state index in [1.807, 2.05) is 0 Å². The molecule has 0 heterocycles. The quantitative estimate of drug-likeness (QED) is 0.511. The summed E-state index contributed by atoms with van der Waals surface area (Å²) in [6.07, 6.45) is 0. The van der Waals surface area contributed by atoms with E-state index in [1.54, 1.807) is 0 Å². The van der Waals surface area contributed by atoms with Gasteiger partial charge in [0.25, 0.3) is 10.1 Å². The van der Waals surface area contributed by atoms with Crippen LogP contribution in [-0.4, -0.2) is 77.2 Å². The van der Waals surface area contributed by atoms with Crippen LogP contribution < -0.4 is 0 Å². The Morgan fingerprint density at radius 1 is 1.08 bits per heavy atom. The van der Waals surface area contributed by atoms with Gasteiger partial charge in [0, 0.05) is 59.1 Å². The van der Waals surface area contributed by atoms with Crippen LogP contribution in [0.25, 0.3) is 0 Å². The molecule has 4 nitrogen and oxygen atoms in total.